The second kappa shape index (κ2) is 9.10. The van der Waals surface area contributed by atoms with E-state index >= 15 is 4.39 Å². The maximum absolute atomic E-state index is 16.5. The number of hydrogen-bond acceptors (Lipinski definition) is 7. The van der Waals surface area contributed by atoms with Crippen LogP contribution in [0.4, 0.5) is 10.2 Å². The number of benzene rings is 2. The molecule has 4 fully saturated rings. The second-order valence-electron chi connectivity index (χ2n) is 11.6. The number of halogens is 1. The molecule has 4 aromatic rings. The summed E-state index contributed by atoms with van der Waals surface area (Å²) in [4.78, 5) is 19.0. The van der Waals surface area contributed by atoms with Gasteiger partial charge < -0.3 is 14.4 Å². The van der Waals surface area contributed by atoms with E-state index < -0.39 is 5.82 Å². The summed E-state index contributed by atoms with van der Waals surface area (Å²) in [6.45, 7) is 4.94. The Morgan fingerprint density at radius 3 is 2.74 bits per heavy atom. The highest BCUT2D eigenvalue weighted by Crippen LogP contribution is 2.41. The highest BCUT2D eigenvalue weighted by atomic mass is 19.1. The van der Waals surface area contributed by atoms with E-state index in [1.165, 1.54) is 12.8 Å². The van der Waals surface area contributed by atoms with Crippen LogP contribution in [0.1, 0.15) is 32.1 Å². The minimum absolute atomic E-state index is 0.0566. The van der Waals surface area contributed by atoms with Crippen LogP contribution in [0.5, 0.6) is 6.01 Å². The molecule has 200 valence electrons. The molecule has 8 rings (SSSR count). The van der Waals surface area contributed by atoms with Crippen LogP contribution in [0.15, 0.2) is 48.7 Å². The van der Waals surface area contributed by atoms with Gasteiger partial charge in [-0.25, -0.2) is 4.39 Å². The molecule has 3 saturated heterocycles. The maximum Gasteiger partial charge on any atom is 0.319 e. The highest BCUT2D eigenvalue weighted by Gasteiger charge is 2.45. The van der Waals surface area contributed by atoms with E-state index in [9.17, 15) is 0 Å². The first-order chi connectivity index (χ1) is 19.2. The van der Waals surface area contributed by atoms with Gasteiger partial charge in [0.15, 0.2) is 5.82 Å². The Kier molecular flexibility index (Phi) is 5.49. The molecule has 4 aliphatic rings. The highest BCUT2D eigenvalue weighted by molar-refractivity contribution is 5.99. The van der Waals surface area contributed by atoms with Crippen molar-refractivity contribution < 1.29 is 13.9 Å². The molecule has 5 heterocycles. The van der Waals surface area contributed by atoms with Crippen LogP contribution < -0.4 is 9.64 Å². The second-order valence-corrected chi connectivity index (χ2v) is 11.6. The zero-order valence-electron chi connectivity index (χ0n) is 22.0. The Morgan fingerprint density at radius 1 is 1.00 bits per heavy atom. The van der Waals surface area contributed by atoms with E-state index in [0.717, 1.165) is 55.2 Å². The lowest BCUT2D eigenvalue weighted by Gasteiger charge is -2.31. The lowest BCUT2D eigenvalue weighted by Crippen LogP contribution is -2.43. The third-order valence-electron chi connectivity index (χ3n) is 9.27. The summed E-state index contributed by atoms with van der Waals surface area (Å²) in [5.74, 6) is 0.738. The molecule has 0 radical (unpaired) electrons. The minimum atomic E-state index is -0.436. The summed E-state index contributed by atoms with van der Waals surface area (Å²) in [7, 11) is 0. The van der Waals surface area contributed by atoms with Crippen LogP contribution in [-0.4, -0.2) is 70.9 Å². The molecule has 39 heavy (non-hydrogen) atoms. The van der Waals surface area contributed by atoms with Gasteiger partial charge in [0, 0.05) is 30.8 Å². The Balaban J connectivity index is 1.24. The molecule has 0 amide bonds. The third kappa shape index (κ3) is 3.95. The average Bonchev–Trinajstić information content (AvgIpc) is 3.46. The predicted octanol–water partition coefficient (Wildman–Crippen LogP) is 5.22. The van der Waals surface area contributed by atoms with Crippen molar-refractivity contribution in [2.24, 2.45) is 5.92 Å². The van der Waals surface area contributed by atoms with Gasteiger partial charge in [-0.05, 0) is 56.0 Å². The van der Waals surface area contributed by atoms with Crippen molar-refractivity contribution in [3.8, 4) is 17.3 Å². The number of fused-ring (bicyclic) bond motifs is 4. The van der Waals surface area contributed by atoms with Gasteiger partial charge in [0.25, 0.3) is 0 Å². The molecule has 2 aromatic heterocycles. The van der Waals surface area contributed by atoms with Gasteiger partial charge in [-0.2, -0.15) is 9.97 Å². The Hall–Kier alpha value is -3.36. The van der Waals surface area contributed by atoms with E-state index in [0.29, 0.717) is 48.7 Å². The summed E-state index contributed by atoms with van der Waals surface area (Å²) in [6, 6.07) is 14.1. The van der Waals surface area contributed by atoms with Crippen LogP contribution in [0.3, 0.4) is 0 Å². The van der Waals surface area contributed by atoms with Crippen molar-refractivity contribution >= 4 is 27.5 Å². The maximum atomic E-state index is 16.5. The molecule has 7 nitrogen and oxygen atoms in total. The fourth-order valence-electron chi connectivity index (χ4n) is 7.10. The third-order valence-corrected chi connectivity index (χ3v) is 9.27. The van der Waals surface area contributed by atoms with E-state index in [-0.39, 0.29) is 17.1 Å². The van der Waals surface area contributed by atoms with Gasteiger partial charge >= 0.3 is 6.01 Å². The summed E-state index contributed by atoms with van der Waals surface area (Å²) < 4.78 is 28.8. The number of aromatic nitrogens is 3. The Labute approximate surface area is 227 Å². The number of pyridine rings is 1. The first-order valence-corrected chi connectivity index (χ1v) is 14.3. The summed E-state index contributed by atoms with van der Waals surface area (Å²) in [6.07, 6.45) is 7.78. The Morgan fingerprint density at radius 2 is 1.85 bits per heavy atom. The Bertz CT molecular complexity index is 1560. The first kappa shape index (κ1) is 23.5. The zero-order valence-corrected chi connectivity index (χ0v) is 22.0. The summed E-state index contributed by atoms with van der Waals surface area (Å²) in [5, 5.41) is 2.62. The molecule has 8 heteroatoms. The van der Waals surface area contributed by atoms with Gasteiger partial charge in [0.1, 0.15) is 23.6 Å². The minimum Gasteiger partial charge on any atom is -0.461 e. The van der Waals surface area contributed by atoms with Crippen LogP contribution in [-0.2, 0) is 4.74 Å². The SMILES string of the molecule is Fc1c(-c2cccc3ccccc23)ncc2c(N3CCO[C@@H]4C[C@@H]4C3)nc(OCC34CCCN3CCC4)nc12. The molecular weight excluding hydrogens is 493 g/mol. The molecular formula is C31H32FN5O2. The molecule has 0 spiro atoms. The average molecular weight is 526 g/mol. The van der Waals surface area contributed by atoms with Crippen LogP contribution in [0.25, 0.3) is 32.9 Å². The quantitative estimate of drug-likeness (QED) is 0.354. The molecule has 0 N–H and O–H groups in total. The van der Waals surface area contributed by atoms with Crippen LogP contribution >= 0.6 is 0 Å². The number of nitrogens with zero attached hydrogens (tertiary/aromatic N) is 5. The monoisotopic (exact) mass is 525 g/mol. The fraction of sp³-hybridized carbons (Fsp3) is 0.452. The van der Waals surface area contributed by atoms with Gasteiger partial charge in [0.2, 0.25) is 0 Å². The number of ether oxygens (including phenoxy) is 2. The molecule has 2 atom stereocenters. The molecule has 1 aliphatic carbocycles. The molecule has 2 aromatic carbocycles. The van der Waals surface area contributed by atoms with E-state index in [4.69, 9.17) is 19.4 Å². The van der Waals surface area contributed by atoms with Gasteiger partial charge in [-0.3, -0.25) is 9.88 Å². The molecule has 0 bridgehead atoms. The summed E-state index contributed by atoms with van der Waals surface area (Å²) in [5.41, 5.74) is 1.37. The smallest absolute Gasteiger partial charge is 0.319 e. The van der Waals surface area contributed by atoms with Gasteiger partial charge in [-0.1, -0.05) is 42.5 Å². The lowest BCUT2D eigenvalue weighted by molar-refractivity contribution is 0.108. The van der Waals surface area contributed by atoms with Crippen molar-refractivity contribution in [2.75, 3.05) is 44.3 Å². The van der Waals surface area contributed by atoms with E-state index in [1.807, 2.05) is 42.5 Å². The lowest BCUT2D eigenvalue weighted by atomic mass is 9.95. The number of hydrogen-bond donors (Lipinski definition) is 0. The van der Waals surface area contributed by atoms with E-state index in [1.54, 1.807) is 6.20 Å². The predicted molar refractivity (Wildman–Crippen MR) is 149 cm³/mol. The normalized spacial score (nSPS) is 24.1. The molecule has 3 aliphatic heterocycles. The van der Waals surface area contributed by atoms with Crippen molar-refractivity contribution in [3.63, 3.8) is 0 Å². The van der Waals surface area contributed by atoms with Crippen LogP contribution in [0.2, 0.25) is 0 Å². The molecule has 1 saturated carbocycles. The zero-order chi connectivity index (χ0) is 26.0. The fourth-order valence-corrected chi connectivity index (χ4v) is 7.10. The van der Waals surface area contributed by atoms with Gasteiger partial charge in [-0.15, -0.1) is 0 Å². The molecule has 0 unspecified atom stereocenters. The standard InChI is InChI=1S/C31H32FN5O2/c32-26-27(23-9-3-7-20-6-1-2-8-22(20)23)33-17-24-28(26)34-30(39-19-31-10-4-12-37(31)13-5-11-31)35-29(24)36-14-15-38-25-16-21(25)18-36/h1-3,6-9,17,21,25H,4-5,10-16,18-19H2/t21-,25-/m1/s1. The van der Waals surface area contributed by atoms with E-state index in [2.05, 4.69) is 14.8 Å². The van der Waals surface area contributed by atoms with Crippen molar-refractivity contribution in [1.29, 1.82) is 0 Å². The number of rotatable bonds is 5. The van der Waals surface area contributed by atoms with Gasteiger partial charge in [0.05, 0.1) is 23.6 Å². The topological polar surface area (TPSA) is 63.6 Å². The first-order valence-electron chi connectivity index (χ1n) is 14.3. The summed E-state index contributed by atoms with van der Waals surface area (Å²) >= 11 is 0. The van der Waals surface area contributed by atoms with Crippen molar-refractivity contribution in [2.45, 2.75) is 43.7 Å². The van der Waals surface area contributed by atoms with Crippen LogP contribution in [0, 0.1) is 11.7 Å². The largest absolute Gasteiger partial charge is 0.461 e. The van der Waals surface area contributed by atoms with Crippen molar-refractivity contribution in [3.05, 3.63) is 54.5 Å². The number of anilines is 1. The van der Waals surface area contributed by atoms with Crippen molar-refractivity contribution in [1.82, 2.24) is 19.9 Å².